The van der Waals surface area contributed by atoms with Crippen LogP contribution in [-0.2, 0) is 0 Å². The molecule has 5 heteroatoms. The van der Waals surface area contributed by atoms with Crippen molar-refractivity contribution in [3.63, 3.8) is 0 Å². The van der Waals surface area contributed by atoms with Crippen LogP contribution in [0.1, 0.15) is 11.6 Å². The molecule has 0 bridgehead atoms. The summed E-state index contributed by atoms with van der Waals surface area (Å²) in [4.78, 5) is 0. The minimum absolute atomic E-state index is 0.232. The number of hydrogen-bond acceptors (Lipinski definition) is 1. The fourth-order valence-electron chi connectivity index (χ4n) is 1.17. The topological polar surface area (TPSA) is 12.0 Å². The van der Waals surface area contributed by atoms with Crippen LogP contribution in [0, 0.1) is 11.6 Å². The normalized spacial score (nSPS) is 13.3. The highest BCUT2D eigenvalue weighted by atomic mass is 19.3. The van der Waals surface area contributed by atoms with E-state index in [4.69, 9.17) is 0 Å². The molecule has 0 aromatic heterocycles. The Morgan fingerprint density at radius 3 is 2.29 bits per heavy atom. The molecule has 1 N–H and O–H groups in total. The molecule has 0 heterocycles. The number of benzene rings is 1. The zero-order valence-electron chi connectivity index (χ0n) is 7.40. The van der Waals surface area contributed by atoms with Gasteiger partial charge in [0.1, 0.15) is 11.6 Å². The van der Waals surface area contributed by atoms with Crippen molar-refractivity contribution in [1.82, 2.24) is 5.32 Å². The number of nitrogens with one attached hydrogen (secondary N) is 1. The summed E-state index contributed by atoms with van der Waals surface area (Å²) in [6.45, 7) is 0. The summed E-state index contributed by atoms with van der Waals surface area (Å²) in [5.41, 5.74) is -0.232. The highest BCUT2D eigenvalue weighted by Crippen LogP contribution is 2.23. The van der Waals surface area contributed by atoms with Crippen molar-refractivity contribution in [2.75, 3.05) is 7.05 Å². The van der Waals surface area contributed by atoms with E-state index >= 15 is 0 Å². The summed E-state index contributed by atoms with van der Waals surface area (Å²) in [5, 5.41) is 2.27. The third kappa shape index (κ3) is 2.23. The maximum atomic E-state index is 13.0. The molecule has 1 rings (SSSR count). The van der Waals surface area contributed by atoms with Crippen molar-refractivity contribution in [1.29, 1.82) is 0 Å². The molecule has 1 aromatic carbocycles. The Morgan fingerprint density at radius 2 is 1.86 bits per heavy atom. The standard InChI is InChI=1S/C9H9F4N/c1-14-8(9(12)13)6-3-2-5(10)4-7(6)11/h2-4,8-9,14H,1H3. The largest absolute Gasteiger partial charge is 0.308 e. The molecule has 0 spiro atoms. The van der Waals surface area contributed by atoms with Crippen LogP contribution < -0.4 is 5.32 Å². The SMILES string of the molecule is CNC(c1ccc(F)cc1F)C(F)F. The highest BCUT2D eigenvalue weighted by Gasteiger charge is 2.23. The predicted octanol–water partition coefficient (Wildman–Crippen LogP) is 2.49. The second-order valence-electron chi connectivity index (χ2n) is 2.77. The van der Waals surface area contributed by atoms with E-state index in [0.29, 0.717) is 6.07 Å². The first-order chi connectivity index (χ1) is 6.56. The van der Waals surface area contributed by atoms with Crippen molar-refractivity contribution < 1.29 is 17.6 Å². The first kappa shape index (κ1) is 11.0. The van der Waals surface area contributed by atoms with Gasteiger partial charge in [0.2, 0.25) is 0 Å². The van der Waals surface area contributed by atoms with E-state index in [1.807, 2.05) is 0 Å². The van der Waals surface area contributed by atoms with E-state index in [-0.39, 0.29) is 5.56 Å². The third-order valence-electron chi connectivity index (χ3n) is 1.86. The molecule has 1 aromatic rings. The van der Waals surface area contributed by atoms with Gasteiger partial charge in [-0.2, -0.15) is 0 Å². The molecule has 0 fully saturated rings. The fraction of sp³-hybridized carbons (Fsp3) is 0.333. The molecule has 1 atom stereocenters. The summed E-state index contributed by atoms with van der Waals surface area (Å²) < 4.78 is 50.2. The van der Waals surface area contributed by atoms with E-state index in [9.17, 15) is 17.6 Å². The molecule has 0 radical (unpaired) electrons. The number of rotatable bonds is 3. The van der Waals surface area contributed by atoms with Gasteiger partial charge in [-0.3, -0.25) is 0 Å². The van der Waals surface area contributed by atoms with Crippen molar-refractivity contribution in [3.8, 4) is 0 Å². The molecule has 14 heavy (non-hydrogen) atoms. The Bertz CT molecular complexity index is 314. The van der Waals surface area contributed by atoms with E-state index in [2.05, 4.69) is 5.32 Å². The lowest BCUT2D eigenvalue weighted by Crippen LogP contribution is -2.24. The summed E-state index contributed by atoms with van der Waals surface area (Å²) in [7, 11) is 1.29. The molecule has 0 amide bonds. The molecular weight excluding hydrogens is 198 g/mol. The van der Waals surface area contributed by atoms with Crippen LogP contribution in [0.25, 0.3) is 0 Å². The van der Waals surface area contributed by atoms with Gasteiger partial charge in [-0.15, -0.1) is 0 Å². The van der Waals surface area contributed by atoms with E-state index in [1.165, 1.54) is 7.05 Å². The van der Waals surface area contributed by atoms with E-state index in [0.717, 1.165) is 12.1 Å². The Balaban J connectivity index is 3.04. The third-order valence-corrected chi connectivity index (χ3v) is 1.86. The van der Waals surface area contributed by atoms with Gasteiger partial charge < -0.3 is 5.32 Å². The second-order valence-corrected chi connectivity index (χ2v) is 2.77. The smallest absolute Gasteiger partial charge is 0.257 e. The minimum Gasteiger partial charge on any atom is -0.308 e. The Labute approximate surface area is 78.7 Å². The van der Waals surface area contributed by atoms with Crippen LogP contribution in [-0.4, -0.2) is 13.5 Å². The van der Waals surface area contributed by atoms with Crippen LogP contribution in [0.5, 0.6) is 0 Å². The van der Waals surface area contributed by atoms with Gasteiger partial charge in [-0.25, -0.2) is 17.6 Å². The maximum absolute atomic E-state index is 13.0. The van der Waals surface area contributed by atoms with Gasteiger partial charge in [0.15, 0.2) is 0 Å². The van der Waals surface area contributed by atoms with Gasteiger partial charge in [0.25, 0.3) is 6.43 Å². The van der Waals surface area contributed by atoms with Gasteiger partial charge in [-0.1, -0.05) is 6.07 Å². The average Bonchev–Trinajstić information content (AvgIpc) is 2.09. The maximum Gasteiger partial charge on any atom is 0.257 e. The zero-order valence-corrected chi connectivity index (χ0v) is 7.40. The van der Waals surface area contributed by atoms with Crippen molar-refractivity contribution in [3.05, 3.63) is 35.4 Å². The molecule has 0 aliphatic heterocycles. The lowest BCUT2D eigenvalue weighted by atomic mass is 10.1. The average molecular weight is 207 g/mol. The molecule has 0 aliphatic carbocycles. The van der Waals surface area contributed by atoms with Gasteiger partial charge in [0.05, 0.1) is 6.04 Å². The lowest BCUT2D eigenvalue weighted by Gasteiger charge is -2.15. The first-order valence-corrected chi connectivity index (χ1v) is 3.96. The summed E-state index contributed by atoms with van der Waals surface area (Å²) in [6, 6.07) is 1.14. The predicted molar refractivity (Wildman–Crippen MR) is 44.2 cm³/mol. The zero-order chi connectivity index (χ0) is 10.7. The van der Waals surface area contributed by atoms with Crippen LogP contribution in [0.2, 0.25) is 0 Å². The van der Waals surface area contributed by atoms with Crippen molar-refractivity contribution >= 4 is 0 Å². The Morgan fingerprint density at radius 1 is 1.21 bits per heavy atom. The van der Waals surface area contributed by atoms with Crippen LogP contribution in [0.3, 0.4) is 0 Å². The number of hydrogen-bond donors (Lipinski definition) is 1. The number of alkyl halides is 2. The van der Waals surface area contributed by atoms with E-state index in [1.54, 1.807) is 0 Å². The molecule has 0 saturated heterocycles. The van der Waals surface area contributed by atoms with Crippen LogP contribution in [0.15, 0.2) is 18.2 Å². The first-order valence-electron chi connectivity index (χ1n) is 3.96. The van der Waals surface area contributed by atoms with Gasteiger partial charge in [-0.05, 0) is 13.1 Å². The fourth-order valence-corrected chi connectivity index (χ4v) is 1.17. The highest BCUT2D eigenvalue weighted by molar-refractivity contribution is 5.22. The summed E-state index contributed by atoms with van der Waals surface area (Å²) >= 11 is 0. The van der Waals surface area contributed by atoms with E-state index < -0.39 is 24.1 Å². The molecule has 0 aliphatic rings. The van der Waals surface area contributed by atoms with Gasteiger partial charge >= 0.3 is 0 Å². The van der Waals surface area contributed by atoms with Crippen molar-refractivity contribution in [2.45, 2.75) is 12.5 Å². The quantitative estimate of drug-likeness (QED) is 0.751. The summed E-state index contributed by atoms with van der Waals surface area (Å²) in [5.74, 6) is -1.75. The van der Waals surface area contributed by atoms with Crippen molar-refractivity contribution in [2.24, 2.45) is 0 Å². The Hall–Kier alpha value is -1.10. The lowest BCUT2D eigenvalue weighted by molar-refractivity contribution is 0.100. The molecule has 1 nitrogen and oxygen atoms in total. The minimum atomic E-state index is -2.74. The van der Waals surface area contributed by atoms with Crippen LogP contribution in [0.4, 0.5) is 17.6 Å². The summed E-state index contributed by atoms with van der Waals surface area (Å²) in [6.07, 6.45) is -2.74. The molecular formula is C9H9F4N. The second kappa shape index (κ2) is 4.41. The Kier molecular flexibility index (Phi) is 3.46. The van der Waals surface area contributed by atoms with Crippen LogP contribution >= 0.6 is 0 Å². The van der Waals surface area contributed by atoms with Gasteiger partial charge in [0, 0.05) is 11.6 Å². The molecule has 78 valence electrons. The number of halogens is 4. The molecule has 1 unspecified atom stereocenters. The molecule has 0 saturated carbocycles. The monoisotopic (exact) mass is 207 g/mol.